The van der Waals surface area contributed by atoms with E-state index in [2.05, 4.69) is 21.7 Å². The van der Waals surface area contributed by atoms with Crippen LogP contribution in [-0.2, 0) is 28.8 Å². The number of nitrogens with zero attached hydrogens (tertiary/aromatic N) is 5. The van der Waals surface area contributed by atoms with Crippen molar-refractivity contribution in [3.05, 3.63) is 71.6 Å². The van der Waals surface area contributed by atoms with Gasteiger partial charge in [0.25, 0.3) is 0 Å². The zero-order valence-electron chi connectivity index (χ0n) is 22.4. The van der Waals surface area contributed by atoms with E-state index in [1.165, 1.54) is 6.08 Å². The van der Waals surface area contributed by atoms with Gasteiger partial charge in [0.15, 0.2) is 22.1 Å². The molecule has 0 bridgehead atoms. The van der Waals surface area contributed by atoms with Crippen molar-refractivity contribution in [1.29, 1.82) is 0 Å². The lowest BCUT2D eigenvalue weighted by Crippen LogP contribution is -2.37. The van der Waals surface area contributed by atoms with Crippen LogP contribution in [0.4, 0.5) is 11.5 Å². The first kappa shape index (κ1) is 26.7. The molecule has 0 atom stereocenters. The SMILES string of the molecule is CCc1nc2c(N3CCOCC3)nc(SCc3ccc(OC)c(NC(=O)/C=C\c4ccccc4)c3)nc2n1C. The van der Waals surface area contributed by atoms with E-state index in [0.29, 0.717) is 35.6 Å². The van der Waals surface area contributed by atoms with Crippen molar-refractivity contribution in [3.8, 4) is 5.75 Å². The van der Waals surface area contributed by atoms with Gasteiger partial charge in [0.05, 0.1) is 26.0 Å². The van der Waals surface area contributed by atoms with E-state index in [1.54, 1.807) is 24.9 Å². The Bertz CT molecular complexity index is 1480. The van der Waals surface area contributed by atoms with Crippen LogP contribution in [0.2, 0.25) is 0 Å². The molecule has 0 spiro atoms. The average molecular weight is 545 g/mol. The standard InChI is InChI=1S/C29H32N6O3S/c1-4-24-31-26-27(34(24)2)32-29(33-28(26)35-14-16-38-17-15-35)39-19-21-10-12-23(37-3)22(18-21)30-25(36)13-11-20-8-6-5-7-9-20/h5-13,18H,4,14-17,19H2,1-3H3,(H,30,36)/b13-11-. The summed E-state index contributed by atoms with van der Waals surface area (Å²) in [5.74, 6) is 2.83. The number of hydrogen-bond donors (Lipinski definition) is 1. The van der Waals surface area contributed by atoms with Crippen LogP contribution >= 0.6 is 11.8 Å². The lowest BCUT2D eigenvalue weighted by atomic mass is 10.2. The second kappa shape index (κ2) is 12.3. The molecular formula is C29H32N6O3S. The molecule has 2 aromatic carbocycles. The minimum absolute atomic E-state index is 0.228. The lowest BCUT2D eigenvalue weighted by molar-refractivity contribution is -0.111. The Balaban J connectivity index is 1.35. The van der Waals surface area contributed by atoms with Crippen molar-refractivity contribution in [2.75, 3.05) is 43.6 Å². The van der Waals surface area contributed by atoms with Gasteiger partial charge in [-0.3, -0.25) is 4.79 Å². The Labute approximate surface area is 232 Å². The molecule has 4 aromatic rings. The van der Waals surface area contributed by atoms with E-state index in [0.717, 1.165) is 53.4 Å². The number of rotatable bonds is 9. The molecule has 0 aliphatic carbocycles. The van der Waals surface area contributed by atoms with Crippen molar-refractivity contribution in [1.82, 2.24) is 19.5 Å². The van der Waals surface area contributed by atoms with E-state index in [-0.39, 0.29) is 5.91 Å². The quantitative estimate of drug-likeness (QED) is 0.184. The maximum atomic E-state index is 12.6. The molecule has 1 aliphatic rings. The van der Waals surface area contributed by atoms with Gasteiger partial charge in [0, 0.05) is 38.4 Å². The highest BCUT2D eigenvalue weighted by Crippen LogP contribution is 2.31. The lowest BCUT2D eigenvalue weighted by Gasteiger charge is -2.28. The number of methoxy groups -OCH3 is 1. The highest BCUT2D eigenvalue weighted by Gasteiger charge is 2.22. The fraction of sp³-hybridized carbons (Fsp3) is 0.310. The summed E-state index contributed by atoms with van der Waals surface area (Å²) in [7, 11) is 3.59. The van der Waals surface area contributed by atoms with Crippen molar-refractivity contribution in [3.63, 3.8) is 0 Å². The van der Waals surface area contributed by atoms with E-state index in [4.69, 9.17) is 24.4 Å². The highest BCUT2D eigenvalue weighted by atomic mass is 32.2. The smallest absolute Gasteiger partial charge is 0.248 e. The maximum Gasteiger partial charge on any atom is 0.248 e. The summed E-state index contributed by atoms with van der Waals surface area (Å²) in [6.07, 6.45) is 4.12. The first-order chi connectivity index (χ1) is 19.1. The van der Waals surface area contributed by atoms with Crippen molar-refractivity contribution >= 4 is 46.4 Å². The number of morpholine rings is 1. The molecule has 9 nitrogen and oxygen atoms in total. The summed E-state index contributed by atoms with van der Waals surface area (Å²) in [5, 5.41) is 3.62. The summed E-state index contributed by atoms with van der Waals surface area (Å²) in [6, 6.07) is 15.5. The summed E-state index contributed by atoms with van der Waals surface area (Å²) in [4.78, 5) is 29.5. The number of imidazole rings is 1. The molecule has 1 aliphatic heterocycles. The number of carbonyl (C=O) groups is 1. The number of carbonyl (C=O) groups excluding carboxylic acids is 1. The Hall–Kier alpha value is -3.89. The number of nitrogens with one attached hydrogen (secondary N) is 1. The summed E-state index contributed by atoms with van der Waals surface area (Å²) in [5.41, 5.74) is 4.25. The second-order valence-electron chi connectivity index (χ2n) is 9.10. The molecular weight excluding hydrogens is 512 g/mol. The number of anilines is 2. The molecule has 10 heteroatoms. The van der Waals surface area contributed by atoms with Crippen LogP contribution in [0, 0.1) is 0 Å². The van der Waals surface area contributed by atoms with Gasteiger partial charge in [0.1, 0.15) is 11.6 Å². The van der Waals surface area contributed by atoms with E-state index >= 15 is 0 Å². The van der Waals surface area contributed by atoms with Crippen LogP contribution in [-0.4, -0.2) is 58.8 Å². The van der Waals surface area contributed by atoms with E-state index in [1.807, 2.05) is 55.6 Å². The van der Waals surface area contributed by atoms with E-state index < -0.39 is 0 Å². The molecule has 39 heavy (non-hydrogen) atoms. The van der Waals surface area contributed by atoms with Crippen molar-refractivity contribution in [2.45, 2.75) is 24.3 Å². The summed E-state index contributed by atoms with van der Waals surface area (Å²) in [6.45, 7) is 4.98. The monoisotopic (exact) mass is 544 g/mol. The van der Waals surface area contributed by atoms with Gasteiger partial charge in [0.2, 0.25) is 5.91 Å². The highest BCUT2D eigenvalue weighted by molar-refractivity contribution is 7.98. The fourth-order valence-electron chi connectivity index (χ4n) is 4.45. The molecule has 1 fully saturated rings. The number of aryl methyl sites for hydroxylation is 2. The van der Waals surface area contributed by atoms with Gasteiger partial charge in [-0.05, 0) is 29.3 Å². The van der Waals surface area contributed by atoms with Crippen molar-refractivity contribution in [2.24, 2.45) is 7.05 Å². The topological polar surface area (TPSA) is 94.4 Å². The predicted octanol–water partition coefficient (Wildman–Crippen LogP) is 4.72. The molecule has 3 heterocycles. The number of aromatic nitrogens is 4. The molecule has 1 amide bonds. The fourth-order valence-corrected chi connectivity index (χ4v) is 5.23. The molecule has 0 saturated carbocycles. The van der Waals surface area contributed by atoms with Crippen LogP contribution in [0.25, 0.3) is 17.2 Å². The maximum absolute atomic E-state index is 12.6. The number of ether oxygens (including phenoxy) is 2. The first-order valence-corrected chi connectivity index (χ1v) is 13.9. The predicted molar refractivity (Wildman–Crippen MR) is 155 cm³/mol. The molecule has 2 aromatic heterocycles. The Morgan fingerprint density at radius 3 is 2.67 bits per heavy atom. The van der Waals surface area contributed by atoms with Crippen LogP contribution in [0.1, 0.15) is 23.9 Å². The number of thioether (sulfide) groups is 1. The molecule has 1 N–H and O–H groups in total. The van der Waals surface area contributed by atoms with Gasteiger partial charge >= 0.3 is 0 Å². The first-order valence-electron chi connectivity index (χ1n) is 13.0. The number of benzene rings is 2. The van der Waals surface area contributed by atoms with Crippen LogP contribution in [0.3, 0.4) is 0 Å². The average Bonchev–Trinajstić information content (AvgIpc) is 3.31. The third-order valence-corrected chi connectivity index (χ3v) is 7.43. The number of fused-ring (bicyclic) bond motifs is 1. The van der Waals surface area contributed by atoms with Gasteiger partial charge in [-0.1, -0.05) is 55.1 Å². The third kappa shape index (κ3) is 6.23. The van der Waals surface area contributed by atoms with Crippen LogP contribution < -0.4 is 15.0 Å². The molecule has 0 unspecified atom stereocenters. The largest absolute Gasteiger partial charge is 0.495 e. The Kier molecular flexibility index (Phi) is 8.43. The van der Waals surface area contributed by atoms with Crippen LogP contribution in [0.15, 0.2) is 59.8 Å². The Morgan fingerprint density at radius 2 is 1.92 bits per heavy atom. The normalized spacial score (nSPS) is 13.8. The summed E-state index contributed by atoms with van der Waals surface area (Å²) >= 11 is 1.55. The number of hydrogen-bond acceptors (Lipinski definition) is 8. The molecule has 5 rings (SSSR count). The number of amides is 1. The van der Waals surface area contributed by atoms with Gasteiger partial charge in [-0.25, -0.2) is 15.0 Å². The second-order valence-corrected chi connectivity index (χ2v) is 10.0. The van der Waals surface area contributed by atoms with Gasteiger partial charge in [-0.2, -0.15) is 0 Å². The molecule has 1 saturated heterocycles. The zero-order chi connectivity index (χ0) is 27.2. The molecule has 0 radical (unpaired) electrons. The van der Waals surface area contributed by atoms with E-state index in [9.17, 15) is 4.79 Å². The zero-order valence-corrected chi connectivity index (χ0v) is 23.2. The van der Waals surface area contributed by atoms with Gasteiger partial charge in [-0.15, -0.1) is 0 Å². The third-order valence-electron chi connectivity index (χ3n) is 6.52. The van der Waals surface area contributed by atoms with Gasteiger partial charge < -0.3 is 24.3 Å². The van der Waals surface area contributed by atoms with Crippen LogP contribution in [0.5, 0.6) is 5.75 Å². The van der Waals surface area contributed by atoms with Crippen molar-refractivity contribution < 1.29 is 14.3 Å². The Morgan fingerprint density at radius 1 is 1.13 bits per heavy atom. The summed E-state index contributed by atoms with van der Waals surface area (Å²) < 4.78 is 13.1. The minimum atomic E-state index is -0.228. The minimum Gasteiger partial charge on any atom is -0.495 e. The molecule has 202 valence electrons.